The number of fused-ring (bicyclic) bond motifs is 9. The fraction of sp³-hybridized carbons (Fsp3) is 0.594. The number of alkyl halides is 1. The summed E-state index contributed by atoms with van der Waals surface area (Å²) in [6, 6.07) is 1.65. The number of hydrogen-bond donors (Lipinski definition) is 2. The van der Waals surface area contributed by atoms with E-state index in [-0.39, 0.29) is 40.7 Å². The lowest BCUT2D eigenvalue weighted by Gasteiger charge is -2.34. The summed E-state index contributed by atoms with van der Waals surface area (Å²) >= 11 is 6.56. The molecule has 1 amide bonds. The molecule has 13 heteroatoms. The number of piperidine rings is 1. The number of nitrogen functional groups attached to an aromatic ring is 1. The highest BCUT2D eigenvalue weighted by atomic mass is 35.5. The summed E-state index contributed by atoms with van der Waals surface area (Å²) in [7, 11) is 0. The summed E-state index contributed by atoms with van der Waals surface area (Å²) < 4.78 is 37.5. The van der Waals surface area contributed by atoms with Gasteiger partial charge in [-0.1, -0.05) is 11.6 Å². The third kappa shape index (κ3) is 5.98. The summed E-state index contributed by atoms with van der Waals surface area (Å²) in [6.45, 7) is 3.52. The molecule has 5 aliphatic rings. The number of pyridine rings is 2. The molecule has 6 bridgehead atoms. The van der Waals surface area contributed by atoms with Crippen LogP contribution in [-0.2, 0) is 11.2 Å². The van der Waals surface area contributed by atoms with Gasteiger partial charge in [-0.25, -0.2) is 13.8 Å². The van der Waals surface area contributed by atoms with Crippen molar-refractivity contribution < 1.29 is 18.3 Å². The minimum absolute atomic E-state index is 0.0223. The molecule has 5 aliphatic heterocycles. The van der Waals surface area contributed by atoms with Crippen LogP contribution in [0.5, 0.6) is 6.01 Å². The predicted octanol–water partition coefficient (Wildman–Crippen LogP) is 4.87. The van der Waals surface area contributed by atoms with Crippen molar-refractivity contribution in [2.45, 2.75) is 75.9 Å². The molecule has 3 saturated heterocycles. The van der Waals surface area contributed by atoms with Crippen LogP contribution in [0, 0.1) is 11.7 Å². The number of ether oxygens (including phenoxy) is 1. The molecule has 240 valence electrons. The van der Waals surface area contributed by atoms with Crippen LogP contribution in [0.15, 0.2) is 12.3 Å². The first-order chi connectivity index (χ1) is 21.8. The minimum Gasteiger partial charge on any atom is -0.461 e. The number of anilines is 2. The van der Waals surface area contributed by atoms with Gasteiger partial charge in [0.05, 0.1) is 10.9 Å². The number of carbonyl (C=O) groups excluding carboxylic acids is 1. The molecular formula is C32H39ClF2N8O2. The van der Waals surface area contributed by atoms with Crippen molar-refractivity contribution in [2.75, 3.05) is 50.0 Å². The van der Waals surface area contributed by atoms with E-state index in [0.29, 0.717) is 80.0 Å². The molecule has 0 aromatic carbocycles. The van der Waals surface area contributed by atoms with E-state index in [2.05, 4.69) is 30.1 Å². The van der Waals surface area contributed by atoms with Crippen LogP contribution in [0.2, 0.25) is 5.15 Å². The molecule has 45 heavy (non-hydrogen) atoms. The van der Waals surface area contributed by atoms with E-state index in [9.17, 15) is 9.18 Å². The Morgan fingerprint density at radius 3 is 2.87 bits per heavy atom. The van der Waals surface area contributed by atoms with Crippen molar-refractivity contribution in [1.82, 2.24) is 30.2 Å². The molecule has 0 spiro atoms. The highest BCUT2D eigenvalue weighted by molar-refractivity contribution is 6.30. The van der Waals surface area contributed by atoms with E-state index >= 15 is 4.39 Å². The molecule has 3 aromatic heterocycles. The van der Waals surface area contributed by atoms with E-state index in [1.807, 2.05) is 0 Å². The number of nitrogens with zero attached hydrogens (tertiary/aromatic N) is 6. The standard InChI is InChI=1S/C32H39ClF2N8O2/c33-29-21-6-1-2-7-25(44)37-10-8-19-5-3-11-42(16-19)30-23-15-38-27(22(21)13-24(36)39-29)26(35)28(23)40-31(41-30)45-18-32-9-4-12-43(32)17-20(34)14-32/h13,15,19-20H,1-12,14,16-18H2,(H2,36,39)(H,37,44)/t19?,20?,32-/m0/s1. The van der Waals surface area contributed by atoms with Crippen LogP contribution in [0.4, 0.5) is 20.4 Å². The lowest BCUT2D eigenvalue weighted by Crippen LogP contribution is -2.43. The van der Waals surface area contributed by atoms with Gasteiger partial charge in [-0.2, -0.15) is 9.97 Å². The Bertz CT molecular complexity index is 1610. The highest BCUT2D eigenvalue weighted by Gasteiger charge is 2.49. The van der Waals surface area contributed by atoms with Crippen LogP contribution in [0.25, 0.3) is 22.2 Å². The van der Waals surface area contributed by atoms with Crippen molar-refractivity contribution in [3.05, 3.63) is 28.8 Å². The lowest BCUT2D eigenvalue weighted by atomic mass is 9.94. The van der Waals surface area contributed by atoms with Crippen molar-refractivity contribution >= 4 is 40.0 Å². The maximum Gasteiger partial charge on any atom is 0.319 e. The number of nitrogens with two attached hydrogens (primary N) is 1. The van der Waals surface area contributed by atoms with E-state index in [1.165, 1.54) is 0 Å². The van der Waals surface area contributed by atoms with Gasteiger partial charge >= 0.3 is 6.01 Å². The molecule has 0 radical (unpaired) electrons. The zero-order valence-electron chi connectivity index (χ0n) is 25.3. The zero-order valence-corrected chi connectivity index (χ0v) is 26.1. The Kier molecular flexibility index (Phi) is 8.37. The van der Waals surface area contributed by atoms with Crippen molar-refractivity contribution in [1.29, 1.82) is 0 Å². The average Bonchev–Trinajstić information content (AvgIpc) is 3.54. The van der Waals surface area contributed by atoms with Crippen LogP contribution >= 0.6 is 11.6 Å². The molecule has 3 atom stereocenters. The fourth-order valence-corrected chi connectivity index (χ4v) is 8.05. The SMILES string of the molecule is Nc1cc2c(c(Cl)n1)CCCCC(=O)NCCC1CCCN(C1)c1nc(OC[C@@]34CCCN3CC(F)C4)nc3c(F)c-2ncc13. The summed E-state index contributed by atoms with van der Waals surface area (Å²) in [6.07, 6.45) is 7.95. The van der Waals surface area contributed by atoms with Crippen LogP contribution in [0.3, 0.4) is 0 Å². The topological polar surface area (TPSA) is 122 Å². The highest BCUT2D eigenvalue weighted by Crippen LogP contribution is 2.41. The third-order valence-electron chi connectivity index (χ3n) is 10.00. The van der Waals surface area contributed by atoms with Crippen LogP contribution in [0.1, 0.15) is 63.4 Å². The molecule has 3 aromatic rings. The van der Waals surface area contributed by atoms with Gasteiger partial charge in [0.25, 0.3) is 0 Å². The third-order valence-corrected chi connectivity index (χ3v) is 10.3. The monoisotopic (exact) mass is 640 g/mol. The van der Waals surface area contributed by atoms with Gasteiger partial charge in [0.15, 0.2) is 5.82 Å². The van der Waals surface area contributed by atoms with Crippen LogP contribution in [-0.4, -0.2) is 81.8 Å². The molecule has 3 N–H and O–H groups in total. The van der Waals surface area contributed by atoms with Gasteiger partial charge < -0.3 is 20.7 Å². The second-order valence-corrected chi connectivity index (χ2v) is 13.4. The van der Waals surface area contributed by atoms with Gasteiger partial charge in [0.1, 0.15) is 40.8 Å². The number of amides is 1. The van der Waals surface area contributed by atoms with Crippen molar-refractivity contribution in [3.8, 4) is 17.3 Å². The number of rotatable bonds is 3. The number of nitrogens with one attached hydrogen (secondary N) is 1. The molecule has 0 aliphatic carbocycles. The van der Waals surface area contributed by atoms with Gasteiger partial charge in [-0.3, -0.25) is 14.7 Å². The van der Waals surface area contributed by atoms with Crippen LogP contribution < -0.4 is 20.7 Å². The summed E-state index contributed by atoms with van der Waals surface area (Å²) in [5, 5.41) is 3.74. The fourth-order valence-electron chi connectivity index (χ4n) is 7.76. The van der Waals surface area contributed by atoms with Crippen molar-refractivity contribution in [3.63, 3.8) is 0 Å². The van der Waals surface area contributed by atoms with E-state index < -0.39 is 17.5 Å². The summed E-state index contributed by atoms with van der Waals surface area (Å²) in [4.78, 5) is 35.1. The molecule has 8 heterocycles. The Labute approximate surface area is 266 Å². The van der Waals surface area contributed by atoms with Gasteiger partial charge in [-0.05, 0) is 75.5 Å². The quantitative estimate of drug-likeness (QED) is 0.386. The molecule has 8 rings (SSSR count). The molecule has 2 unspecified atom stereocenters. The second-order valence-electron chi connectivity index (χ2n) is 13.0. The maximum absolute atomic E-state index is 16.7. The zero-order chi connectivity index (χ0) is 31.1. The number of hydrogen-bond acceptors (Lipinski definition) is 9. The Hall–Kier alpha value is -3.38. The van der Waals surface area contributed by atoms with Gasteiger partial charge in [0, 0.05) is 50.8 Å². The maximum atomic E-state index is 16.7. The van der Waals surface area contributed by atoms with E-state index in [4.69, 9.17) is 27.1 Å². The molecule has 10 nitrogen and oxygen atoms in total. The first-order valence-electron chi connectivity index (χ1n) is 16.1. The largest absolute Gasteiger partial charge is 0.461 e. The lowest BCUT2D eigenvalue weighted by molar-refractivity contribution is -0.121. The Morgan fingerprint density at radius 1 is 1.11 bits per heavy atom. The van der Waals surface area contributed by atoms with Gasteiger partial charge in [-0.15, -0.1) is 0 Å². The first-order valence-corrected chi connectivity index (χ1v) is 16.5. The molecule has 0 saturated carbocycles. The smallest absolute Gasteiger partial charge is 0.319 e. The number of carbonyl (C=O) groups is 1. The average molecular weight is 641 g/mol. The normalized spacial score (nSPS) is 26.0. The molecule has 3 fully saturated rings. The van der Waals surface area contributed by atoms with Crippen molar-refractivity contribution in [2.24, 2.45) is 5.92 Å². The first kappa shape index (κ1) is 30.3. The Morgan fingerprint density at radius 2 is 1.98 bits per heavy atom. The second kappa shape index (κ2) is 12.4. The number of aromatic nitrogens is 4. The van der Waals surface area contributed by atoms with E-state index in [1.54, 1.807) is 12.3 Å². The minimum atomic E-state index is -0.891. The van der Waals surface area contributed by atoms with Gasteiger partial charge in [0.2, 0.25) is 5.91 Å². The number of halogens is 3. The molecular weight excluding hydrogens is 602 g/mol. The Balaban J connectivity index is 1.33. The summed E-state index contributed by atoms with van der Waals surface area (Å²) in [5.41, 5.74) is 6.90. The van der Waals surface area contributed by atoms with E-state index in [0.717, 1.165) is 45.2 Å². The predicted molar refractivity (Wildman–Crippen MR) is 169 cm³/mol. The summed E-state index contributed by atoms with van der Waals surface area (Å²) in [5.74, 6) is 0.444.